The molecule has 0 heterocycles. The van der Waals surface area contributed by atoms with Gasteiger partial charge in [-0.05, 0) is 0 Å². The van der Waals surface area contributed by atoms with E-state index in [9.17, 15) is 4.79 Å². The van der Waals surface area contributed by atoms with Crippen molar-refractivity contribution in [3.8, 4) is 0 Å². The first-order valence-electron chi connectivity index (χ1n) is 1.95. The van der Waals surface area contributed by atoms with Crippen molar-refractivity contribution in [2.75, 3.05) is 6.54 Å². The Morgan fingerprint density at radius 1 is 0.842 bits per heavy atom. The summed E-state index contributed by atoms with van der Waals surface area (Å²) in [5.41, 5.74) is 4.57. The molecule has 19 heavy (non-hydrogen) atoms. The fourth-order valence-electron chi connectivity index (χ4n) is 0. The van der Waals surface area contributed by atoms with Crippen LogP contribution >= 0.6 is 34.1 Å². The van der Waals surface area contributed by atoms with Crippen LogP contribution in [0.2, 0.25) is 0 Å². The van der Waals surface area contributed by atoms with Gasteiger partial charge in [-0.1, -0.05) is 0 Å². The molecule has 0 bridgehead atoms. The maximum absolute atomic E-state index is 9.24. The zero-order valence-corrected chi connectivity index (χ0v) is 14.1. The molecule has 0 aliphatic carbocycles. The molecule has 0 aromatic heterocycles. The van der Waals surface area contributed by atoms with Crippen LogP contribution in [-0.2, 0) is 20.3 Å². The number of carboxylic acids is 1. The molecule has 0 radical (unpaired) electrons. The zero-order chi connectivity index (χ0) is 8.78. The standard InChI is InChI=1S/C2H5NO2.Al.4ClH.8H2O.Zr.3H/c3-1-2(4)5;;;;;;;;;;;;;;;;;/h1,3H2,(H,4,5);;4*1H;8*1H2;;;;/q;;;;;;;;;;;;;;+4;;;/p-4. The molecule has 0 aliphatic heterocycles. The topological polar surface area (TPSA) is 315 Å². The van der Waals surface area contributed by atoms with E-state index in [2.05, 4.69) is 5.73 Å². The molecule has 0 aliphatic rings. The molecule has 0 saturated heterocycles. The van der Waals surface area contributed by atoms with Gasteiger partial charge in [0.15, 0.2) is 17.4 Å². The van der Waals surface area contributed by atoms with E-state index >= 15 is 0 Å². The van der Waals surface area contributed by atoms with E-state index in [-0.39, 0.29) is 67.7 Å². The van der Waals surface area contributed by atoms with Gasteiger partial charge < -0.3 is 54.6 Å². The van der Waals surface area contributed by atoms with Crippen LogP contribution in [0, 0.1) is 0 Å². The van der Waals surface area contributed by atoms with E-state index in [1.807, 2.05) is 0 Å². The van der Waals surface area contributed by atoms with Gasteiger partial charge >= 0.3 is 55.5 Å². The third-order valence-corrected chi connectivity index (χ3v) is 0.175. The summed E-state index contributed by atoms with van der Waals surface area (Å²) >= 11 is -3.29. The van der Waals surface area contributed by atoms with E-state index in [4.69, 9.17) is 39.2 Å². The summed E-state index contributed by atoms with van der Waals surface area (Å²) in [6.07, 6.45) is 0. The van der Waals surface area contributed by atoms with Crippen molar-refractivity contribution in [2.45, 2.75) is 0 Å². The van der Waals surface area contributed by atoms with Gasteiger partial charge in [0, 0.05) is 0 Å². The van der Waals surface area contributed by atoms with Crippen LogP contribution in [0.25, 0.3) is 0 Å². The van der Waals surface area contributed by atoms with Gasteiger partial charge in [0.1, 0.15) is 0 Å². The molecule has 19 N–H and O–H groups in total. The van der Waals surface area contributed by atoms with Crippen molar-refractivity contribution < 1.29 is 69.2 Å². The predicted octanol–water partition coefficient (Wildman–Crippen LogP) is -6.00. The summed E-state index contributed by atoms with van der Waals surface area (Å²) in [7, 11) is 20.1. The summed E-state index contributed by atoms with van der Waals surface area (Å²) in [4.78, 5) is 9.24. The van der Waals surface area contributed by atoms with Crippen LogP contribution in [-0.4, -0.2) is 78.8 Å². The molecule has 0 aromatic carbocycles. The van der Waals surface area contributed by atoms with Gasteiger partial charge in [0.2, 0.25) is 0 Å². The molecule has 0 fully saturated rings. The summed E-state index contributed by atoms with van der Waals surface area (Å²) < 4.78 is 0. The summed E-state index contributed by atoms with van der Waals surface area (Å²) in [5.74, 6) is -0.968. The average molecular weight is 482 g/mol. The van der Waals surface area contributed by atoms with Gasteiger partial charge in [0.25, 0.3) is 0 Å². The molecule has 0 aromatic rings. The number of nitrogens with two attached hydrogens (primary N) is 1. The summed E-state index contributed by atoms with van der Waals surface area (Å²) in [6, 6.07) is 0. The van der Waals surface area contributed by atoms with Crippen molar-refractivity contribution >= 4 is 57.4 Å². The van der Waals surface area contributed by atoms with Crippen LogP contribution < -0.4 is 5.73 Å². The Balaban J connectivity index is -0.00000000508. The first kappa shape index (κ1) is 85.5. The van der Waals surface area contributed by atoms with Gasteiger partial charge in [-0.25, -0.2) is 0 Å². The van der Waals surface area contributed by atoms with E-state index < -0.39 is 21.5 Å². The molecule has 0 unspecified atom stereocenters. The summed E-state index contributed by atoms with van der Waals surface area (Å²) in [6.45, 7) is -0.278. The molecule has 0 rings (SSSR count). The number of aliphatic carboxylic acids is 1. The van der Waals surface area contributed by atoms with E-state index in [0.29, 0.717) is 0 Å². The SMILES string of the molecule is NCC(=O)O.O.O.O.O.O.O.O.O.[AlH3].[Cl][Zr]([Cl])([Cl])[Cl]. The molecule has 0 spiro atoms. The van der Waals surface area contributed by atoms with Gasteiger partial charge in [0.05, 0.1) is 6.54 Å². The quantitative estimate of drug-likeness (QED) is 0.345. The van der Waals surface area contributed by atoms with Crippen LogP contribution in [0.5, 0.6) is 0 Å². The Morgan fingerprint density at radius 3 is 0.895 bits per heavy atom. The maximum atomic E-state index is 9.24. The van der Waals surface area contributed by atoms with E-state index in [1.54, 1.807) is 0 Å². The summed E-state index contributed by atoms with van der Waals surface area (Å²) in [5, 5.41) is 7.60. The van der Waals surface area contributed by atoms with Crippen LogP contribution in [0.15, 0.2) is 0 Å². The number of hydrogen-bond acceptors (Lipinski definition) is 2. The average Bonchev–Trinajstić information content (AvgIpc) is 1.61. The van der Waals surface area contributed by atoms with Crippen LogP contribution in [0.1, 0.15) is 0 Å². The monoisotopic (exact) mass is 479 g/mol. The number of carboxylic acid groups (broad SMARTS) is 1. The Bertz CT molecular complexity index is 114. The Hall–Kier alpha value is 1.69. The second kappa shape index (κ2) is 50.3. The zero-order valence-electron chi connectivity index (χ0n) is 8.65. The van der Waals surface area contributed by atoms with E-state index in [1.165, 1.54) is 0 Å². The molecule has 17 heteroatoms. The van der Waals surface area contributed by atoms with Gasteiger partial charge in [-0.15, -0.1) is 0 Å². The Morgan fingerprint density at radius 2 is 0.895 bits per heavy atom. The second-order valence-electron chi connectivity index (χ2n) is 1.03. The molecule has 0 atom stereocenters. The minimum absolute atomic E-state index is 0. The van der Waals surface area contributed by atoms with Crippen molar-refractivity contribution in [2.24, 2.45) is 5.73 Å². The van der Waals surface area contributed by atoms with Crippen molar-refractivity contribution in [1.82, 2.24) is 0 Å². The number of halogens is 4. The first-order valence-corrected chi connectivity index (χ1v) is 14.6. The number of carbonyl (C=O) groups is 1. The first-order chi connectivity index (χ1) is 4.27. The van der Waals surface area contributed by atoms with Crippen LogP contribution in [0.4, 0.5) is 0 Å². The third-order valence-electron chi connectivity index (χ3n) is 0.175. The molecule has 0 amide bonds. The number of rotatable bonds is 1. The normalized spacial score (nSPS) is 5.11. The molecular formula is C2H24AlCl4NO10Zr. The fourth-order valence-corrected chi connectivity index (χ4v) is 0. The fraction of sp³-hybridized carbons (Fsp3) is 0.500. The molecule has 11 nitrogen and oxygen atoms in total. The van der Waals surface area contributed by atoms with Crippen LogP contribution in [0.3, 0.4) is 0 Å². The van der Waals surface area contributed by atoms with Gasteiger partial charge in [-0.2, -0.15) is 0 Å². The predicted molar refractivity (Wildman–Crippen MR) is 79.0 cm³/mol. The molecule has 132 valence electrons. The number of hydrogen-bond donors (Lipinski definition) is 2. The third kappa shape index (κ3) is 453. The van der Waals surface area contributed by atoms with E-state index in [0.717, 1.165) is 0 Å². The second-order valence-corrected chi connectivity index (χ2v) is 23.4. The molecule has 0 saturated carbocycles. The van der Waals surface area contributed by atoms with Gasteiger partial charge in [-0.3, -0.25) is 4.79 Å². The minimum atomic E-state index is -3.29. The van der Waals surface area contributed by atoms with Crippen molar-refractivity contribution in [1.29, 1.82) is 0 Å². The van der Waals surface area contributed by atoms with Crippen molar-refractivity contribution in [3.63, 3.8) is 0 Å². The Labute approximate surface area is 138 Å². The Kier molecular flexibility index (Phi) is 226. The molecular weight excluding hydrogens is 458 g/mol. The van der Waals surface area contributed by atoms with Crippen molar-refractivity contribution in [3.05, 3.63) is 0 Å².